The summed E-state index contributed by atoms with van der Waals surface area (Å²) in [5.41, 5.74) is 1.22. The molecule has 11 nitrogen and oxygen atoms in total. The Balaban J connectivity index is 1.38. The molecule has 178 valence electrons. The van der Waals surface area contributed by atoms with Gasteiger partial charge in [-0.2, -0.15) is 0 Å². The van der Waals surface area contributed by atoms with Crippen LogP contribution in [0.15, 0.2) is 47.8 Å². The van der Waals surface area contributed by atoms with Gasteiger partial charge in [0.05, 0.1) is 10.3 Å². The van der Waals surface area contributed by atoms with E-state index in [-0.39, 0.29) is 28.5 Å². The molecule has 0 bridgehead atoms. The molecular weight excluding hydrogens is 460 g/mol. The van der Waals surface area contributed by atoms with Gasteiger partial charge in [0.2, 0.25) is 5.91 Å². The molecule has 0 unspecified atom stereocenters. The number of aromatic nitrogens is 3. The van der Waals surface area contributed by atoms with Gasteiger partial charge >= 0.3 is 6.09 Å². The number of nitrogens with zero attached hydrogens (tertiary/aromatic N) is 4. The first-order valence-corrected chi connectivity index (χ1v) is 12.4. The van der Waals surface area contributed by atoms with Crippen LogP contribution in [0.3, 0.4) is 0 Å². The van der Waals surface area contributed by atoms with Crippen molar-refractivity contribution in [2.24, 2.45) is 0 Å². The van der Waals surface area contributed by atoms with Crippen LogP contribution < -0.4 is 10.6 Å². The topological polar surface area (TPSA) is 147 Å². The molecule has 34 heavy (non-hydrogen) atoms. The summed E-state index contributed by atoms with van der Waals surface area (Å²) in [5, 5.41) is 15.1. The Kier molecular flexibility index (Phi) is 5.39. The Hall–Kier alpha value is -3.67. The lowest BCUT2D eigenvalue weighted by Gasteiger charge is -2.35. The Morgan fingerprint density at radius 1 is 1.15 bits per heavy atom. The van der Waals surface area contributed by atoms with Gasteiger partial charge in [-0.15, -0.1) is 0 Å². The number of nitrogens with one attached hydrogen (secondary N) is 2. The Morgan fingerprint density at radius 2 is 1.91 bits per heavy atom. The number of hydrogen-bond acceptors (Lipinski definition) is 7. The van der Waals surface area contributed by atoms with Gasteiger partial charge in [0, 0.05) is 24.8 Å². The zero-order valence-corrected chi connectivity index (χ0v) is 19.2. The molecule has 0 saturated carbocycles. The number of aryl methyl sites for hydroxylation is 1. The third-order valence-corrected chi connectivity index (χ3v) is 8.14. The minimum absolute atomic E-state index is 0.00792. The van der Waals surface area contributed by atoms with Crippen LogP contribution in [-0.2, 0) is 14.8 Å². The van der Waals surface area contributed by atoms with E-state index in [9.17, 15) is 18.0 Å². The van der Waals surface area contributed by atoms with E-state index in [2.05, 4.69) is 20.6 Å². The molecule has 2 aliphatic rings. The smallest absolute Gasteiger partial charge is 0.405 e. The summed E-state index contributed by atoms with van der Waals surface area (Å²) in [7, 11) is -3.83. The fourth-order valence-electron chi connectivity index (χ4n) is 4.76. The van der Waals surface area contributed by atoms with Crippen molar-refractivity contribution in [2.45, 2.75) is 49.2 Å². The van der Waals surface area contributed by atoms with Gasteiger partial charge in [-0.05, 0) is 44.4 Å². The molecule has 3 N–H and O–H groups in total. The Morgan fingerprint density at radius 3 is 2.65 bits per heavy atom. The molecule has 3 aromatic rings. The minimum atomic E-state index is -3.83. The van der Waals surface area contributed by atoms with Crippen molar-refractivity contribution >= 4 is 38.9 Å². The molecule has 2 fully saturated rings. The highest BCUT2D eigenvalue weighted by Gasteiger charge is 2.43. The number of fused-ring (bicyclic) bond motifs is 2. The predicted octanol–water partition coefficient (Wildman–Crippen LogP) is 1.79. The summed E-state index contributed by atoms with van der Waals surface area (Å²) < 4.78 is 27.5. The van der Waals surface area contributed by atoms with Crippen LogP contribution in [0.4, 0.5) is 10.6 Å². The van der Waals surface area contributed by atoms with Gasteiger partial charge in [0.25, 0.3) is 10.0 Å². The second kappa shape index (κ2) is 8.28. The van der Waals surface area contributed by atoms with E-state index in [1.54, 1.807) is 35.2 Å². The Labute approximate surface area is 195 Å². The molecule has 0 spiro atoms. The van der Waals surface area contributed by atoms with Crippen molar-refractivity contribution in [1.82, 2.24) is 24.2 Å². The summed E-state index contributed by atoms with van der Waals surface area (Å²) in [6.07, 6.45) is 3.53. The van der Waals surface area contributed by atoms with E-state index in [1.807, 2.05) is 6.92 Å². The lowest BCUT2D eigenvalue weighted by Crippen LogP contribution is -2.48. The molecule has 2 saturated heterocycles. The van der Waals surface area contributed by atoms with E-state index < -0.39 is 22.2 Å². The molecule has 0 radical (unpaired) electrons. The number of rotatable bonds is 5. The van der Waals surface area contributed by atoms with Gasteiger partial charge in [-0.1, -0.05) is 17.7 Å². The quantitative estimate of drug-likeness (QED) is 0.497. The van der Waals surface area contributed by atoms with Crippen molar-refractivity contribution in [3.8, 4) is 0 Å². The fourth-order valence-corrected chi connectivity index (χ4v) is 6.06. The van der Waals surface area contributed by atoms with Gasteiger partial charge in [-0.25, -0.2) is 27.2 Å². The number of benzene rings is 1. The molecule has 0 aliphatic carbocycles. The highest BCUT2D eigenvalue weighted by Crippen LogP contribution is 2.31. The molecule has 2 aromatic heterocycles. The molecular formula is C22H24N6O5S. The van der Waals surface area contributed by atoms with Crippen LogP contribution in [0.25, 0.3) is 11.0 Å². The zero-order chi connectivity index (χ0) is 24.0. The Bertz CT molecular complexity index is 1370. The highest BCUT2D eigenvalue weighted by molar-refractivity contribution is 7.90. The SMILES string of the molecule is Cc1ccc(S(=O)(=O)n2ccc3c(N[C@@H]4CC[C@@H]5C[C@H](NC(=O)O)C(=O)N5C4)ncnc32)cc1. The summed E-state index contributed by atoms with van der Waals surface area (Å²) in [4.78, 5) is 34.0. The summed E-state index contributed by atoms with van der Waals surface area (Å²) >= 11 is 0. The lowest BCUT2D eigenvalue weighted by atomic mass is 9.98. The average molecular weight is 485 g/mol. The van der Waals surface area contributed by atoms with Gasteiger partial charge in [0.15, 0.2) is 5.65 Å². The molecule has 1 aromatic carbocycles. The summed E-state index contributed by atoms with van der Waals surface area (Å²) in [6, 6.07) is 7.45. The van der Waals surface area contributed by atoms with E-state index in [4.69, 9.17) is 5.11 Å². The fraction of sp³-hybridized carbons (Fsp3) is 0.364. The standard InChI is InChI=1S/C22H24N6O5S/c1-13-2-6-16(7-3-13)34(32,33)28-9-8-17-19(23-12-24-20(17)28)25-14-4-5-15-10-18(26-22(30)31)21(29)27(15)11-14/h2-3,6-9,12,14-15,18,26H,4-5,10-11H2,1H3,(H,30,31)(H,23,24,25)/t14-,15-,18+/m1/s1. The van der Waals surface area contributed by atoms with Crippen molar-refractivity contribution in [3.63, 3.8) is 0 Å². The van der Waals surface area contributed by atoms with Crippen molar-refractivity contribution in [3.05, 3.63) is 48.4 Å². The number of carbonyl (C=O) groups excluding carboxylic acids is 1. The van der Waals surface area contributed by atoms with E-state index in [0.29, 0.717) is 24.2 Å². The predicted molar refractivity (Wildman–Crippen MR) is 123 cm³/mol. The van der Waals surface area contributed by atoms with Crippen LogP contribution in [0.2, 0.25) is 0 Å². The maximum absolute atomic E-state index is 13.2. The van der Waals surface area contributed by atoms with Crippen LogP contribution in [0, 0.1) is 6.92 Å². The van der Waals surface area contributed by atoms with Crippen molar-refractivity contribution in [2.75, 3.05) is 11.9 Å². The maximum atomic E-state index is 13.2. The van der Waals surface area contributed by atoms with Gasteiger partial charge in [-0.3, -0.25) is 4.79 Å². The molecule has 2 amide bonds. The molecule has 5 rings (SSSR count). The normalized spacial score (nSPS) is 22.6. The monoisotopic (exact) mass is 484 g/mol. The lowest BCUT2D eigenvalue weighted by molar-refractivity contribution is -0.131. The number of amides is 2. The zero-order valence-electron chi connectivity index (χ0n) is 18.4. The third-order valence-electron chi connectivity index (χ3n) is 6.46. The minimum Gasteiger partial charge on any atom is -0.465 e. The van der Waals surface area contributed by atoms with Crippen molar-refractivity contribution < 1.29 is 23.1 Å². The van der Waals surface area contributed by atoms with Crippen LogP contribution >= 0.6 is 0 Å². The first-order chi connectivity index (χ1) is 16.2. The van der Waals surface area contributed by atoms with E-state index in [0.717, 1.165) is 22.4 Å². The maximum Gasteiger partial charge on any atom is 0.405 e. The van der Waals surface area contributed by atoms with Crippen LogP contribution in [0.5, 0.6) is 0 Å². The number of anilines is 1. The number of carbonyl (C=O) groups is 2. The number of piperidine rings is 1. The molecule has 3 atom stereocenters. The van der Waals surface area contributed by atoms with Crippen LogP contribution in [-0.4, -0.2) is 69.0 Å². The van der Waals surface area contributed by atoms with E-state index >= 15 is 0 Å². The van der Waals surface area contributed by atoms with Gasteiger partial charge < -0.3 is 20.6 Å². The molecule has 4 heterocycles. The summed E-state index contributed by atoms with van der Waals surface area (Å²) in [6.45, 7) is 2.30. The first-order valence-electron chi connectivity index (χ1n) is 10.9. The number of hydrogen-bond donors (Lipinski definition) is 3. The van der Waals surface area contributed by atoms with Gasteiger partial charge in [0.1, 0.15) is 18.2 Å². The first kappa shape index (κ1) is 22.1. The second-order valence-electron chi connectivity index (χ2n) is 8.69. The number of carboxylic acid groups (broad SMARTS) is 1. The second-order valence-corrected chi connectivity index (χ2v) is 10.5. The van der Waals surface area contributed by atoms with Crippen LogP contribution in [0.1, 0.15) is 24.8 Å². The van der Waals surface area contributed by atoms with E-state index in [1.165, 1.54) is 12.5 Å². The largest absolute Gasteiger partial charge is 0.465 e. The highest BCUT2D eigenvalue weighted by atomic mass is 32.2. The molecule has 2 aliphatic heterocycles. The average Bonchev–Trinajstić information content (AvgIpc) is 3.37. The molecule has 12 heteroatoms. The summed E-state index contributed by atoms with van der Waals surface area (Å²) in [5.74, 6) is 0.264. The van der Waals surface area contributed by atoms with Crippen molar-refractivity contribution in [1.29, 1.82) is 0 Å². The third kappa shape index (κ3) is 3.83.